The van der Waals surface area contributed by atoms with E-state index in [4.69, 9.17) is 21.4 Å². The molecule has 1 aliphatic rings. The number of ether oxygens (including phenoxy) is 1. The number of amides is 1. The molecule has 11 heteroatoms. The number of carboxylic acids is 1. The topological polar surface area (TPSA) is 87.1 Å². The number of hydrogen-bond acceptors (Lipinski definition) is 4. The molecule has 2 atom stereocenters. The van der Waals surface area contributed by atoms with Crippen LogP contribution in [-0.2, 0) is 10.4 Å². The van der Waals surface area contributed by atoms with Gasteiger partial charge >= 0.3 is 12.1 Å². The van der Waals surface area contributed by atoms with Crippen LogP contribution in [0.15, 0.2) is 54.6 Å². The van der Waals surface area contributed by atoms with Gasteiger partial charge in [0.2, 0.25) is 0 Å². The van der Waals surface area contributed by atoms with E-state index in [-0.39, 0.29) is 27.6 Å². The largest absolute Gasteiger partial charge is 0.481 e. The zero-order valence-corrected chi connectivity index (χ0v) is 20.2. The molecule has 0 spiro atoms. The van der Waals surface area contributed by atoms with E-state index in [1.807, 2.05) is 0 Å². The molecule has 0 fully saturated rings. The van der Waals surface area contributed by atoms with Crippen molar-refractivity contribution in [3.8, 4) is 16.9 Å². The van der Waals surface area contributed by atoms with E-state index in [9.17, 15) is 32.3 Å². The second-order valence-corrected chi connectivity index (χ2v) is 9.02. The highest BCUT2D eigenvalue weighted by Crippen LogP contribution is 2.54. The van der Waals surface area contributed by atoms with Crippen molar-refractivity contribution in [2.45, 2.75) is 24.6 Å². The average Bonchev–Trinajstić information content (AvgIpc) is 2.84. The first-order valence-corrected chi connectivity index (χ1v) is 11.3. The molecule has 4 rings (SSSR count). The molecule has 3 aromatic carbocycles. The Morgan fingerprint density at radius 1 is 1.11 bits per heavy atom. The Labute approximate surface area is 213 Å². The van der Waals surface area contributed by atoms with E-state index in [0.29, 0.717) is 5.56 Å². The fourth-order valence-corrected chi connectivity index (χ4v) is 4.73. The van der Waals surface area contributed by atoms with Crippen molar-refractivity contribution in [2.75, 3.05) is 18.6 Å². The molecule has 0 radical (unpaired) electrons. The summed E-state index contributed by atoms with van der Waals surface area (Å²) in [4.78, 5) is 24.2. The number of aliphatic hydroxyl groups is 1. The summed E-state index contributed by atoms with van der Waals surface area (Å²) in [6, 6.07) is 11.2. The second kappa shape index (κ2) is 9.35. The van der Waals surface area contributed by atoms with Crippen LogP contribution in [0, 0.1) is 5.82 Å². The minimum absolute atomic E-state index is 0.0503. The molecular weight excluding hydrogens is 518 g/mol. The first-order chi connectivity index (χ1) is 17.3. The lowest BCUT2D eigenvalue weighted by Gasteiger charge is -2.39. The van der Waals surface area contributed by atoms with Gasteiger partial charge in [0.05, 0.1) is 11.3 Å². The molecular formula is C26H20ClF4NO5. The number of halogens is 5. The van der Waals surface area contributed by atoms with Crippen molar-refractivity contribution in [1.82, 2.24) is 0 Å². The predicted octanol–water partition coefficient (Wildman–Crippen LogP) is 5.75. The molecule has 1 aliphatic heterocycles. The first-order valence-electron chi connectivity index (χ1n) is 10.9. The second-order valence-electron chi connectivity index (χ2n) is 8.62. The lowest BCUT2D eigenvalue weighted by Crippen LogP contribution is -2.47. The summed E-state index contributed by atoms with van der Waals surface area (Å²) in [7, 11) is 1.39. The Bertz CT molecular complexity index is 1410. The third-order valence-corrected chi connectivity index (χ3v) is 6.87. The van der Waals surface area contributed by atoms with Gasteiger partial charge in [0.25, 0.3) is 5.91 Å². The average molecular weight is 538 g/mol. The van der Waals surface area contributed by atoms with Gasteiger partial charge in [-0.1, -0.05) is 48.9 Å². The maximum atomic E-state index is 14.6. The number of likely N-dealkylation sites (N-methyl/N-ethyl adjacent to an activating group) is 1. The zero-order valence-electron chi connectivity index (χ0n) is 19.4. The van der Waals surface area contributed by atoms with Gasteiger partial charge in [0, 0.05) is 23.6 Å². The predicted molar refractivity (Wildman–Crippen MR) is 128 cm³/mol. The maximum absolute atomic E-state index is 14.6. The van der Waals surface area contributed by atoms with E-state index in [0.717, 1.165) is 30.0 Å². The van der Waals surface area contributed by atoms with Crippen LogP contribution in [-0.4, -0.2) is 41.9 Å². The number of carbonyl (C=O) groups is 2. The monoisotopic (exact) mass is 537 g/mol. The summed E-state index contributed by atoms with van der Waals surface area (Å²) in [6.07, 6.45) is -5.18. The highest BCUT2D eigenvalue weighted by atomic mass is 35.5. The number of fused-ring (bicyclic) bond motifs is 1. The van der Waals surface area contributed by atoms with Crippen LogP contribution in [0.5, 0.6) is 5.75 Å². The number of hydrogen-bond donors (Lipinski definition) is 2. The summed E-state index contributed by atoms with van der Waals surface area (Å²) < 4.78 is 63.2. The highest BCUT2D eigenvalue weighted by Gasteiger charge is 2.60. The van der Waals surface area contributed by atoms with Gasteiger partial charge in [0.1, 0.15) is 11.6 Å². The van der Waals surface area contributed by atoms with Crippen LogP contribution in [0.25, 0.3) is 11.1 Å². The smallest absolute Gasteiger partial charge is 0.422 e. The molecule has 2 N–H and O–H groups in total. The highest BCUT2D eigenvalue weighted by molar-refractivity contribution is 6.31. The number of benzene rings is 3. The number of anilines is 1. The fraction of sp³-hybridized carbons (Fsp3) is 0.231. The Kier molecular flexibility index (Phi) is 6.68. The Hall–Kier alpha value is -3.63. The quantitative estimate of drug-likeness (QED) is 0.405. The summed E-state index contributed by atoms with van der Waals surface area (Å²) in [6.45, 7) is 0.669. The standard InChI is InChI=1S/C26H20ClF4NO5/c1-13(16-8-6-14(10-19(16)27)15-7-9-17(24(34)35)20(28)11-15)25(36,26(29,30)31)18-4-3-5-21-23(18)37-12-22(33)32(21)2/h3-11,13,36H,12H2,1-2H3,(H,34,35)/t13-,25-/m1/s1. The van der Waals surface area contributed by atoms with Crippen LogP contribution >= 0.6 is 11.6 Å². The van der Waals surface area contributed by atoms with Crippen molar-refractivity contribution < 1.29 is 42.1 Å². The Balaban J connectivity index is 1.80. The minimum atomic E-state index is -5.18. The summed E-state index contributed by atoms with van der Waals surface area (Å²) >= 11 is 6.37. The van der Waals surface area contributed by atoms with E-state index < -0.39 is 53.1 Å². The fourth-order valence-electron chi connectivity index (χ4n) is 4.39. The summed E-state index contributed by atoms with van der Waals surface area (Å²) in [5.41, 5.74) is -3.95. The first kappa shape index (κ1) is 26.4. The van der Waals surface area contributed by atoms with Crippen molar-refractivity contribution in [2.24, 2.45) is 0 Å². The molecule has 0 saturated carbocycles. The SMILES string of the molecule is C[C@H](c1ccc(-c2ccc(C(=O)O)c(F)c2)cc1Cl)[C@@](O)(c1cccc2c1OCC(=O)N2C)C(F)(F)F. The lowest BCUT2D eigenvalue weighted by atomic mass is 9.76. The zero-order chi connectivity index (χ0) is 27.3. The molecule has 1 heterocycles. The van der Waals surface area contributed by atoms with Gasteiger partial charge in [-0.05, 0) is 41.0 Å². The summed E-state index contributed by atoms with van der Waals surface area (Å²) in [5, 5.41) is 20.2. The number of para-hydroxylation sites is 1. The van der Waals surface area contributed by atoms with E-state index in [1.54, 1.807) is 0 Å². The maximum Gasteiger partial charge on any atom is 0.422 e. The van der Waals surface area contributed by atoms with Crippen LogP contribution in [0.4, 0.5) is 23.2 Å². The summed E-state index contributed by atoms with van der Waals surface area (Å²) in [5.74, 6) is -4.79. The van der Waals surface area contributed by atoms with Crippen LogP contribution in [0.2, 0.25) is 5.02 Å². The number of rotatable bonds is 5. The Morgan fingerprint density at radius 2 is 1.76 bits per heavy atom. The molecule has 0 unspecified atom stereocenters. The van der Waals surface area contributed by atoms with Gasteiger partial charge in [-0.15, -0.1) is 0 Å². The van der Waals surface area contributed by atoms with Gasteiger partial charge < -0.3 is 19.8 Å². The minimum Gasteiger partial charge on any atom is -0.481 e. The van der Waals surface area contributed by atoms with E-state index in [1.165, 1.54) is 43.4 Å². The molecule has 0 saturated heterocycles. The molecule has 194 valence electrons. The van der Waals surface area contributed by atoms with Gasteiger partial charge in [-0.2, -0.15) is 13.2 Å². The number of carbonyl (C=O) groups excluding carboxylic acids is 1. The van der Waals surface area contributed by atoms with E-state index in [2.05, 4.69) is 0 Å². The molecule has 0 bridgehead atoms. The van der Waals surface area contributed by atoms with Crippen LogP contribution < -0.4 is 9.64 Å². The normalized spacial score (nSPS) is 16.0. The van der Waals surface area contributed by atoms with Gasteiger partial charge in [-0.25, -0.2) is 9.18 Å². The third kappa shape index (κ3) is 4.40. The van der Waals surface area contributed by atoms with Crippen LogP contribution in [0.1, 0.15) is 34.3 Å². The van der Waals surface area contributed by atoms with Crippen molar-refractivity contribution in [1.29, 1.82) is 0 Å². The van der Waals surface area contributed by atoms with Crippen molar-refractivity contribution in [3.63, 3.8) is 0 Å². The molecule has 0 aliphatic carbocycles. The molecule has 0 aromatic heterocycles. The van der Waals surface area contributed by atoms with Crippen molar-refractivity contribution in [3.05, 3.63) is 82.1 Å². The molecule has 3 aromatic rings. The Morgan fingerprint density at radius 3 is 2.35 bits per heavy atom. The van der Waals surface area contributed by atoms with Crippen molar-refractivity contribution >= 4 is 29.2 Å². The van der Waals surface area contributed by atoms with Crippen LogP contribution in [0.3, 0.4) is 0 Å². The third-order valence-electron chi connectivity index (χ3n) is 6.54. The molecule has 37 heavy (non-hydrogen) atoms. The number of carboxylic acid groups (broad SMARTS) is 1. The molecule has 6 nitrogen and oxygen atoms in total. The van der Waals surface area contributed by atoms with Gasteiger partial charge in [0.15, 0.2) is 12.2 Å². The number of alkyl halides is 3. The number of nitrogens with zero attached hydrogens (tertiary/aromatic N) is 1. The van der Waals surface area contributed by atoms with Gasteiger partial charge in [-0.3, -0.25) is 4.79 Å². The number of aromatic carboxylic acids is 1. The molecule has 1 amide bonds. The van der Waals surface area contributed by atoms with E-state index >= 15 is 0 Å². The lowest BCUT2D eigenvalue weighted by molar-refractivity contribution is -0.275.